The Morgan fingerprint density at radius 2 is 1.71 bits per heavy atom. The molecule has 2 rings (SSSR count). The summed E-state index contributed by atoms with van der Waals surface area (Å²) in [6.45, 7) is 0. The van der Waals surface area contributed by atoms with Crippen LogP contribution in [-0.2, 0) is 0 Å². The molecule has 1 aromatic rings. The third-order valence-corrected chi connectivity index (χ3v) is 4.08. The molecule has 1 N–H and O–H groups in total. The zero-order valence-corrected chi connectivity index (χ0v) is 11.8. The minimum atomic E-state index is 0.476. The van der Waals surface area contributed by atoms with Gasteiger partial charge in [-0.2, -0.15) is 0 Å². The van der Waals surface area contributed by atoms with Crippen LogP contribution in [-0.4, -0.2) is 11.0 Å². The fraction of sp³-hybridized carbons (Fsp3) is 0.462. The first-order valence-electron chi connectivity index (χ1n) is 5.93. The number of nitrogens with one attached hydrogen (secondary N) is 1. The SMILES string of the molecule is S=C(NC1CCCCC1)c1c(Cl)cccc1Cl. The zero-order valence-electron chi connectivity index (χ0n) is 9.51. The predicted octanol–water partition coefficient (Wildman–Crippen LogP) is 4.59. The Bertz CT molecular complexity index is 394. The Kier molecular flexibility index (Phi) is 4.66. The summed E-state index contributed by atoms with van der Waals surface area (Å²) in [4.78, 5) is 0.674. The van der Waals surface area contributed by atoms with Gasteiger partial charge < -0.3 is 5.32 Å². The standard InChI is InChI=1S/C13H15Cl2NS/c14-10-7-4-8-11(15)12(10)13(17)16-9-5-2-1-3-6-9/h4,7-9H,1-3,5-6H2,(H,16,17). The van der Waals surface area contributed by atoms with Crippen molar-refractivity contribution in [2.75, 3.05) is 0 Å². The third-order valence-electron chi connectivity index (χ3n) is 3.13. The van der Waals surface area contributed by atoms with E-state index < -0.39 is 0 Å². The summed E-state index contributed by atoms with van der Waals surface area (Å²) in [5.74, 6) is 0. The van der Waals surface area contributed by atoms with Gasteiger partial charge in [0.15, 0.2) is 0 Å². The van der Waals surface area contributed by atoms with Gasteiger partial charge in [-0.1, -0.05) is 60.7 Å². The minimum Gasteiger partial charge on any atom is -0.373 e. The van der Waals surface area contributed by atoms with Crippen molar-refractivity contribution in [3.8, 4) is 0 Å². The van der Waals surface area contributed by atoms with E-state index in [1.54, 1.807) is 0 Å². The average molecular weight is 288 g/mol. The smallest absolute Gasteiger partial charge is 0.109 e. The predicted molar refractivity (Wildman–Crippen MR) is 78.2 cm³/mol. The zero-order chi connectivity index (χ0) is 12.3. The molecule has 0 heterocycles. The maximum Gasteiger partial charge on any atom is 0.109 e. The third kappa shape index (κ3) is 3.34. The summed E-state index contributed by atoms with van der Waals surface area (Å²) >= 11 is 17.7. The van der Waals surface area contributed by atoms with Crippen LogP contribution in [0, 0.1) is 0 Å². The molecule has 1 saturated carbocycles. The summed E-state index contributed by atoms with van der Waals surface area (Å²) in [5, 5.41) is 4.61. The van der Waals surface area contributed by atoms with Gasteiger partial charge >= 0.3 is 0 Å². The van der Waals surface area contributed by atoms with Crippen molar-refractivity contribution < 1.29 is 0 Å². The number of rotatable bonds is 2. The largest absolute Gasteiger partial charge is 0.373 e. The van der Waals surface area contributed by atoms with E-state index in [9.17, 15) is 0 Å². The first-order valence-corrected chi connectivity index (χ1v) is 7.10. The van der Waals surface area contributed by atoms with Crippen LogP contribution in [0.25, 0.3) is 0 Å². The summed E-state index contributed by atoms with van der Waals surface area (Å²) in [6, 6.07) is 5.94. The Labute approximate surface area is 117 Å². The molecule has 0 atom stereocenters. The van der Waals surface area contributed by atoms with E-state index in [0.717, 1.165) is 5.56 Å². The number of benzene rings is 1. The molecular weight excluding hydrogens is 273 g/mol. The molecule has 1 fully saturated rings. The number of hydrogen-bond donors (Lipinski definition) is 1. The summed E-state index contributed by atoms with van der Waals surface area (Å²) in [7, 11) is 0. The Morgan fingerprint density at radius 1 is 1.12 bits per heavy atom. The molecule has 4 heteroatoms. The average Bonchev–Trinajstić information content (AvgIpc) is 2.30. The molecule has 0 bridgehead atoms. The first kappa shape index (κ1) is 13.1. The second-order valence-electron chi connectivity index (χ2n) is 4.41. The van der Waals surface area contributed by atoms with Crippen LogP contribution in [0.2, 0.25) is 10.0 Å². The van der Waals surface area contributed by atoms with Crippen molar-refractivity contribution in [3.05, 3.63) is 33.8 Å². The lowest BCUT2D eigenvalue weighted by molar-refractivity contribution is 0.415. The quantitative estimate of drug-likeness (QED) is 0.799. The molecule has 1 aromatic carbocycles. The van der Waals surface area contributed by atoms with E-state index in [0.29, 0.717) is 21.1 Å². The monoisotopic (exact) mass is 287 g/mol. The van der Waals surface area contributed by atoms with Gasteiger partial charge in [-0.25, -0.2) is 0 Å². The molecule has 1 nitrogen and oxygen atoms in total. The van der Waals surface area contributed by atoms with Crippen LogP contribution in [0.4, 0.5) is 0 Å². The Hall–Kier alpha value is -0.310. The summed E-state index contributed by atoms with van der Waals surface area (Å²) in [6.07, 6.45) is 6.25. The Morgan fingerprint density at radius 3 is 2.29 bits per heavy atom. The first-order chi connectivity index (χ1) is 8.18. The van der Waals surface area contributed by atoms with Crippen molar-refractivity contribution in [2.45, 2.75) is 38.1 Å². The van der Waals surface area contributed by atoms with Gasteiger partial charge in [-0.3, -0.25) is 0 Å². The molecule has 0 spiro atoms. The van der Waals surface area contributed by atoms with Crippen LogP contribution in [0.1, 0.15) is 37.7 Å². The van der Waals surface area contributed by atoms with E-state index in [1.807, 2.05) is 18.2 Å². The fourth-order valence-electron chi connectivity index (χ4n) is 2.22. The second kappa shape index (κ2) is 6.03. The topological polar surface area (TPSA) is 12.0 Å². The van der Waals surface area contributed by atoms with Gasteiger partial charge in [0.2, 0.25) is 0 Å². The van der Waals surface area contributed by atoms with Gasteiger partial charge in [0.1, 0.15) is 4.99 Å². The summed E-state index contributed by atoms with van der Waals surface area (Å²) < 4.78 is 0. The number of hydrogen-bond acceptors (Lipinski definition) is 1. The lowest BCUT2D eigenvalue weighted by atomic mass is 9.95. The lowest BCUT2D eigenvalue weighted by Crippen LogP contribution is -2.35. The Balaban J connectivity index is 2.08. The number of thiocarbonyl (C=S) groups is 1. The molecule has 0 aromatic heterocycles. The van der Waals surface area contributed by atoms with Crippen molar-refractivity contribution in [2.24, 2.45) is 0 Å². The molecule has 0 aliphatic heterocycles. The molecule has 0 unspecified atom stereocenters. The van der Waals surface area contributed by atoms with E-state index in [4.69, 9.17) is 35.4 Å². The van der Waals surface area contributed by atoms with Gasteiger partial charge in [0.25, 0.3) is 0 Å². The maximum atomic E-state index is 6.13. The summed E-state index contributed by atoms with van der Waals surface area (Å²) in [5.41, 5.74) is 0.761. The highest BCUT2D eigenvalue weighted by atomic mass is 35.5. The molecular formula is C13H15Cl2NS. The molecule has 1 aliphatic carbocycles. The van der Waals surface area contributed by atoms with Crippen molar-refractivity contribution >= 4 is 40.4 Å². The number of halogens is 2. The van der Waals surface area contributed by atoms with Crippen LogP contribution in [0.15, 0.2) is 18.2 Å². The highest BCUT2D eigenvalue weighted by Gasteiger charge is 2.17. The fourth-order valence-corrected chi connectivity index (χ4v) is 3.30. The maximum absolute atomic E-state index is 6.13. The van der Waals surface area contributed by atoms with E-state index >= 15 is 0 Å². The van der Waals surface area contributed by atoms with E-state index in [-0.39, 0.29) is 0 Å². The van der Waals surface area contributed by atoms with Crippen LogP contribution in [0.3, 0.4) is 0 Å². The van der Waals surface area contributed by atoms with E-state index in [1.165, 1.54) is 32.1 Å². The highest BCUT2D eigenvalue weighted by molar-refractivity contribution is 7.80. The molecule has 1 aliphatic rings. The molecule has 92 valence electrons. The van der Waals surface area contributed by atoms with Gasteiger partial charge in [-0.15, -0.1) is 0 Å². The van der Waals surface area contributed by atoms with E-state index in [2.05, 4.69) is 5.32 Å². The van der Waals surface area contributed by atoms with Crippen LogP contribution < -0.4 is 5.32 Å². The van der Waals surface area contributed by atoms with Crippen LogP contribution >= 0.6 is 35.4 Å². The van der Waals surface area contributed by atoms with Crippen LogP contribution in [0.5, 0.6) is 0 Å². The molecule has 17 heavy (non-hydrogen) atoms. The lowest BCUT2D eigenvalue weighted by Gasteiger charge is -2.24. The van der Waals surface area contributed by atoms with Gasteiger partial charge in [0, 0.05) is 11.6 Å². The van der Waals surface area contributed by atoms with Gasteiger partial charge in [0.05, 0.1) is 10.0 Å². The minimum absolute atomic E-state index is 0.476. The normalized spacial score (nSPS) is 16.8. The highest BCUT2D eigenvalue weighted by Crippen LogP contribution is 2.25. The van der Waals surface area contributed by atoms with Crippen molar-refractivity contribution in [1.82, 2.24) is 5.32 Å². The second-order valence-corrected chi connectivity index (χ2v) is 5.63. The van der Waals surface area contributed by atoms with Crippen molar-refractivity contribution in [3.63, 3.8) is 0 Å². The van der Waals surface area contributed by atoms with Crippen molar-refractivity contribution in [1.29, 1.82) is 0 Å². The molecule has 0 saturated heterocycles. The van der Waals surface area contributed by atoms with Gasteiger partial charge in [-0.05, 0) is 25.0 Å². The molecule has 0 radical (unpaired) electrons. The molecule has 0 amide bonds.